The van der Waals surface area contributed by atoms with E-state index >= 15 is 0 Å². The molecule has 1 heterocycles. The van der Waals surface area contributed by atoms with Crippen LogP contribution in [0.3, 0.4) is 0 Å². The summed E-state index contributed by atoms with van der Waals surface area (Å²) in [6, 6.07) is 0. The zero-order valence-electron chi connectivity index (χ0n) is 13.6. The number of ether oxygens (including phenoxy) is 1. The summed E-state index contributed by atoms with van der Waals surface area (Å²) < 4.78 is 5.29. The Balaban J connectivity index is 2.00. The normalized spacial score (nSPS) is 31.8. The molecule has 132 valence electrons. The van der Waals surface area contributed by atoms with E-state index in [1.54, 1.807) is 12.2 Å². The van der Waals surface area contributed by atoms with E-state index in [0.29, 0.717) is 0 Å². The van der Waals surface area contributed by atoms with Crippen LogP contribution >= 0.6 is 0 Å². The topological polar surface area (TPSA) is 125 Å². The molecule has 2 amide bonds. The quantitative estimate of drug-likeness (QED) is 0.283. The Morgan fingerprint density at radius 3 is 2.88 bits per heavy atom. The second-order valence-electron chi connectivity index (χ2n) is 6.09. The number of epoxide rings is 1. The van der Waals surface area contributed by atoms with Crippen LogP contribution in [0.4, 0.5) is 0 Å². The minimum absolute atomic E-state index is 0.0149. The molecule has 0 unspecified atom stereocenters. The number of amides is 2. The Morgan fingerprint density at radius 1 is 1.46 bits per heavy atom. The van der Waals surface area contributed by atoms with Crippen LogP contribution in [-0.2, 0) is 14.3 Å². The second kappa shape index (κ2) is 7.74. The molecule has 0 aromatic carbocycles. The summed E-state index contributed by atoms with van der Waals surface area (Å²) in [6.07, 6.45) is 7.86. The van der Waals surface area contributed by atoms with Crippen molar-refractivity contribution in [2.75, 3.05) is 0 Å². The second-order valence-corrected chi connectivity index (χ2v) is 6.09. The maximum absolute atomic E-state index is 11.9. The van der Waals surface area contributed by atoms with Gasteiger partial charge < -0.3 is 26.0 Å². The maximum atomic E-state index is 11.9. The number of carbonyl (C=O) groups is 2. The number of rotatable bonds is 8. The molecule has 4 atom stereocenters. The minimum Gasteiger partial charge on any atom is -0.384 e. The lowest BCUT2D eigenvalue weighted by molar-refractivity contribution is -0.119. The van der Waals surface area contributed by atoms with Gasteiger partial charge in [0.05, 0.1) is 0 Å². The van der Waals surface area contributed by atoms with Crippen molar-refractivity contribution in [3.05, 3.63) is 36.1 Å². The van der Waals surface area contributed by atoms with Crippen molar-refractivity contribution < 1.29 is 24.5 Å². The van der Waals surface area contributed by atoms with Gasteiger partial charge in [0.1, 0.15) is 23.9 Å². The third-order valence-electron chi connectivity index (χ3n) is 4.04. The van der Waals surface area contributed by atoms with E-state index in [0.717, 1.165) is 12.8 Å². The van der Waals surface area contributed by atoms with Crippen molar-refractivity contribution in [1.82, 2.24) is 5.32 Å². The van der Waals surface area contributed by atoms with Crippen LogP contribution in [0.15, 0.2) is 36.1 Å². The Labute approximate surface area is 140 Å². The summed E-state index contributed by atoms with van der Waals surface area (Å²) in [5.41, 5.74) is 3.86. The SMILES string of the molecule is CCC/C=C/C=C/C(=O)NC1=C[C@@](O)(CCC(N)=O)[C@H]2O[C@H]2[C@@H]1O. The predicted octanol–water partition coefficient (Wildman–Crippen LogP) is 0.0375. The number of nitrogens with one attached hydrogen (secondary N) is 1. The number of aliphatic hydroxyl groups excluding tert-OH is 1. The number of nitrogens with two attached hydrogens (primary N) is 1. The summed E-state index contributed by atoms with van der Waals surface area (Å²) in [7, 11) is 0. The van der Waals surface area contributed by atoms with Crippen LogP contribution < -0.4 is 11.1 Å². The van der Waals surface area contributed by atoms with E-state index in [-0.39, 0.29) is 18.5 Å². The van der Waals surface area contributed by atoms with Gasteiger partial charge in [-0.1, -0.05) is 31.6 Å². The molecule has 0 bridgehead atoms. The molecular formula is C17H24N2O5. The number of primary amides is 1. The average Bonchev–Trinajstić information content (AvgIpc) is 3.32. The van der Waals surface area contributed by atoms with E-state index < -0.39 is 35.7 Å². The highest BCUT2D eigenvalue weighted by Gasteiger charge is 2.60. The van der Waals surface area contributed by atoms with Gasteiger partial charge in [-0.3, -0.25) is 9.59 Å². The molecule has 2 aliphatic rings. The average molecular weight is 336 g/mol. The molecule has 0 aromatic rings. The molecule has 1 aliphatic heterocycles. The standard InChI is InChI=1S/C17H24N2O5/c1-2-3-4-5-6-7-13(21)19-11-10-17(23,9-8-12(18)20)16-15(24-16)14(11)22/h4-7,10,14-16,22-23H,2-3,8-9H2,1H3,(H2,18,20)(H,19,21)/b5-4+,7-6+/t14-,15+,16+,17+/m1/s1. The number of allylic oxidation sites excluding steroid dienone is 3. The van der Waals surface area contributed by atoms with Crippen LogP contribution in [-0.4, -0.2) is 45.9 Å². The van der Waals surface area contributed by atoms with Gasteiger partial charge in [0, 0.05) is 18.2 Å². The molecule has 7 nitrogen and oxygen atoms in total. The number of unbranched alkanes of at least 4 members (excludes halogenated alkanes) is 1. The Hall–Kier alpha value is -1.96. The van der Waals surface area contributed by atoms with Gasteiger partial charge in [0.25, 0.3) is 0 Å². The summed E-state index contributed by atoms with van der Waals surface area (Å²) >= 11 is 0. The lowest BCUT2D eigenvalue weighted by Gasteiger charge is -2.29. The first kappa shape index (κ1) is 18.4. The van der Waals surface area contributed by atoms with Crippen molar-refractivity contribution in [2.24, 2.45) is 5.73 Å². The smallest absolute Gasteiger partial charge is 0.248 e. The highest BCUT2D eigenvalue weighted by molar-refractivity contribution is 5.89. The van der Waals surface area contributed by atoms with Gasteiger partial charge in [-0.05, 0) is 18.9 Å². The molecule has 1 saturated heterocycles. The molecule has 0 spiro atoms. The van der Waals surface area contributed by atoms with Crippen LogP contribution in [0.5, 0.6) is 0 Å². The fourth-order valence-electron chi connectivity index (χ4n) is 2.70. The fourth-order valence-corrected chi connectivity index (χ4v) is 2.70. The number of aliphatic hydroxyl groups is 2. The van der Waals surface area contributed by atoms with E-state index in [4.69, 9.17) is 10.5 Å². The van der Waals surface area contributed by atoms with Crippen LogP contribution in [0.25, 0.3) is 0 Å². The molecule has 1 fully saturated rings. The molecule has 2 rings (SSSR count). The van der Waals surface area contributed by atoms with E-state index in [2.05, 4.69) is 12.2 Å². The molecule has 0 saturated carbocycles. The molecular weight excluding hydrogens is 312 g/mol. The molecule has 7 heteroatoms. The number of carbonyl (C=O) groups excluding carboxylic acids is 2. The van der Waals surface area contributed by atoms with Crippen molar-refractivity contribution in [3.63, 3.8) is 0 Å². The third-order valence-corrected chi connectivity index (χ3v) is 4.04. The van der Waals surface area contributed by atoms with Crippen LogP contribution in [0.1, 0.15) is 32.6 Å². The number of hydrogen-bond acceptors (Lipinski definition) is 5. The van der Waals surface area contributed by atoms with Gasteiger partial charge in [0.15, 0.2) is 0 Å². The van der Waals surface area contributed by atoms with Gasteiger partial charge in [-0.15, -0.1) is 0 Å². The maximum Gasteiger partial charge on any atom is 0.248 e. The predicted molar refractivity (Wildman–Crippen MR) is 87.5 cm³/mol. The first-order valence-electron chi connectivity index (χ1n) is 8.08. The van der Waals surface area contributed by atoms with Crippen LogP contribution in [0.2, 0.25) is 0 Å². The van der Waals surface area contributed by atoms with Crippen molar-refractivity contribution in [3.8, 4) is 0 Å². The summed E-state index contributed by atoms with van der Waals surface area (Å²) in [4.78, 5) is 22.8. The monoisotopic (exact) mass is 336 g/mol. The Kier molecular flexibility index (Phi) is 5.93. The van der Waals surface area contributed by atoms with Gasteiger partial charge in [0.2, 0.25) is 11.8 Å². The third kappa shape index (κ3) is 4.53. The van der Waals surface area contributed by atoms with E-state index in [9.17, 15) is 19.8 Å². The summed E-state index contributed by atoms with van der Waals surface area (Å²) in [5, 5.41) is 23.3. The number of hydrogen-bond donors (Lipinski definition) is 4. The van der Waals surface area contributed by atoms with Gasteiger partial charge in [-0.2, -0.15) is 0 Å². The molecule has 0 radical (unpaired) electrons. The summed E-state index contributed by atoms with van der Waals surface area (Å²) in [5.74, 6) is -0.953. The first-order chi connectivity index (χ1) is 11.4. The van der Waals surface area contributed by atoms with Crippen molar-refractivity contribution in [2.45, 2.75) is 56.5 Å². The van der Waals surface area contributed by atoms with Gasteiger partial charge >= 0.3 is 0 Å². The Morgan fingerprint density at radius 2 is 2.21 bits per heavy atom. The number of fused-ring (bicyclic) bond motifs is 1. The van der Waals surface area contributed by atoms with Crippen molar-refractivity contribution in [1.29, 1.82) is 0 Å². The lowest BCUT2D eigenvalue weighted by Crippen LogP contribution is -2.46. The zero-order valence-corrected chi connectivity index (χ0v) is 13.6. The first-order valence-corrected chi connectivity index (χ1v) is 8.08. The minimum atomic E-state index is -1.42. The highest BCUT2D eigenvalue weighted by Crippen LogP contribution is 2.44. The van der Waals surface area contributed by atoms with Gasteiger partial charge in [-0.25, -0.2) is 0 Å². The lowest BCUT2D eigenvalue weighted by atomic mass is 9.84. The molecule has 0 aromatic heterocycles. The largest absolute Gasteiger partial charge is 0.384 e. The van der Waals surface area contributed by atoms with E-state index in [1.165, 1.54) is 12.2 Å². The Bertz CT molecular complexity index is 584. The van der Waals surface area contributed by atoms with Crippen molar-refractivity contribution >= 4 is 11.8 Å². The molecule has 5 N–H and O–H groups in total. The fraction of sp³-hybridized carbons (Fsp3) is 0.529. The van der Waals surface area contributed by atoms with Crippen LogP contribution in [0, 0.1) is 0 Å². The highest BCUT2D eigenvalue weighted by atomic mass is 16.6. The van der Waals surface area contributed by atoms with E-state index in [1.807, 2.05) is 6.08 Å². The summed E-state index contributed by atoms with van der Waals surface area (Å²) in [6.45, 7) is 2.06. The molecule has 24 heavy (non-hydrogen) atoms. The zero-order chi connectivity index (χ0) is 17.7. The molecule has 1 aliphatic carbocycles.